The summed E-state index contributed by atoms with van der Waals surface area (Å²) in [6, 6.07) is 0.674. The van der Waals surface area contributed by atoms with Crippen LogP contribution in [0.25, 0.3) is 0 Å². The molecule has 1 fully saturated rings. The van der Waals surface area contributed by atoms with Gasteiger partial charge in [-0.1, -0.05) is 11.6 Å². The molecule has 88 valence electrons. The van der Waals surface area contributed by atoms with Gasteiger partial charge in [0, 0.05) is 6.07 Å². The zero-order valence-corrected chi connectivity index (χ0v) is 8.04. The second-order valence-electron chi connectivity index (χ2n) is 3.81. The molecule has 1 saturated carbocycles. The number of hydrogen-bond donors (Lipinski definition) is 1. The normalized spacial score (nSPS) is 19.2. The number of carbonyl (C=O) groups is 1. The number of aliphatic carboxylic acids is 1. The van der Waals surface area contributed by atoms with E-state index in [0.717, 1.165) is 0 Å². The average molecular weight is 235 g/mol. The number of hydrogen-bond acceptors (Lipinski definition) is 3. The summed E-state index contributed by atoms with van der Waals surface area (Å²) in [7, 11) is 0. The lowest BCUT2D eigenvalue weighted by molar-refractivity contribution is -0.155. The van der Waals surface area contributed by atoms with E-state index in [0.29, 0.717) is 25.3 Å². The molecule has 0 aromatic carbocycles. The minimum Gasteiger partial charge on any atom is -0.481 e. The van der Waals surface area contributed by atoms with Crippen molar-refractivity contribution in [3.63, 3.8) is 0 Å². The number of carboxylic acid groups (broad SMARTS) is 1. The Morgan fingerprint density at radius 2 is 2.12 bits per heavy atom. The van der Waals surface area contributed by atoms with E-state index in [2.05, 4.69) is 9.68 Å². The van der Waals surface area contributed by atoms with Crippen LogP contribution in [0.15, 0.2) is 10.6 Å². The van der Waals surface area contributed by atoms with Gasteiger partial charge in [-0.3, -0.25) is 4.79 Å². The molecule has 16 heavy (non-hydrogen) atoms. The zero-order valence-electron chi connectivity index (χ0n) is 8.04. The summed E-state index contributed by atoms with van der Waals surface area (Å²) in [5.74, 6) is -2.41. The predicted octanol–water partition coefficient (Wildman–Crippen LogP) is 2.20. The average Bonchev–Trinajstić information content (AvgIpc) is 2.48. The third-order valence-corrected chi connectivity index (χ3v) is 2.90. The minimum absolute atomic E-state index is 0.140. The summed E-state index contributed by atoms with van der Waals surface area (Å²) in [4.78, 5) is 11.0. The van der Waals surface area contributed by atoms with Gasteiger partial charge in [-0.25, -0.2) is 0 Å². The van der Waals surface area contributed by atoms with Crippen molar-refractivity contribution < 1.29 is 27.6 Å². The Morgan fingerprint density at radius 1 is 1.50 bits per heavy atom. The van der Waals surface area contributed by atoms with Crippen LogP contribution < -0.4 is 0 Å². The van der Waals surface area contributed by atoms with Gasteiger partial charge in [0.1, 0.15) is 11.1 Å². The Labute approximate surface area is 88.0 Å². The largest absolute Gasteiger partial charge is 0.481 e. The summed E-state index contributed by atoms with van der Waals surface area (Å²) in [6.07, 6.45) is -3.37. The van der Waals surface area contributed by atoms with Crippen molar-refractivity contribution in [2.75, 3.05) is 0 Å². The molecular formula is C9H8F3NO3. The fourth-order valence-electron chi connectivity index (χ4n) is 1.74. The van der Waals surface area contributed by atoms with Gasteiger partial charge in [-0.05, 0) is 12.8 Å². The maximum absolute atomic E-state index is 12.2. The Bertz CT molecular complexity index is 420. The molecule has 7 heteroatoms. The standard InChI is InChI=1S/C9H8F3NO3/c10-9(11,12)6-4-5(13-16-6)8(7(14)15)2-1-3-8/h4H,1-3H2,(H,14,15). The molecule has 2 rings (SSSR count). The number of rotatable bonds is 2. The summed E-state index contributed by atoms with van der Waals surface area (Å²) in [5.41, 5.74) is -1.42. The first-order chi connectivity index (χ1) is 7.36. The van der Waals surface area contributed by atoms with Crippen LogP contribution in [0.5, 0.6) is 0 Å². The van der Waals surface area contributed by atoms with Crippen LogP contribution >= 0.6 is 0 Å². The molecule has 0 radical (unpaired) electrons. The van der Waals surface area contributed by atoms with Crippen molar-refractivity contribution >= 4 is 5.97 Å². The lowest BCUT2D eigenvalue weighted by Gasteiger charge is -2.35. The van der Waals surface area contributed by atoms with Gasteiger partial charge < -0.3 is 9.63 Å². The first-order valence-corrected chi connectivity index (χ1v) is 4.64. The lowest BCUT2D eigenvalue weighted by atomic mass is 9.66. The van der Waals surface area contributed by atoms with E-state index in [9.17, 15) is 18.0 Å². The van der Waals surface area contributed by atoms with Crippen LogP contribution in [0, 0.1) is 0 Å². The van der Waals surface area contributed by atoms with Crippen LogP contribution in [-0.2, 0) is 16.4 Å². The van der Waals surface area contributed by atoms with Gasteiger partial charge in [-0.15, -0.1) is 0 Å². The van der Waals surface area contributed by atoms with Gasteiger partial charge in [-0.2, -0.15) is 13.2 Å². The summed E-state index contributed by atoms with van der Waals surface area (Å²) in [5, 5.41) is 12.2. The van der Waals surface area contributed by atoms with Crippen molar-refractivity contribution in [3.05, 3.63) is 17.5 Å². The van der Waals surface area contributed by atoms with Gasteiger partial charge in [0.2, 0.25) is 5.76 Å². The number of nitrogens with zero attached hydrogens (tertiary/aromatic N) is 1. The van der Waals surface area contributed by atoms with E-state index in [1.807, 2.05) is 0 Å². The van der Waals surface area contributed by atoms with Gasteiger partial charge in [0.05, 0.1) is 0 Å². The van der Waals surface area contributed by atoms with Crippen molar-refractivity contribution in [1.82, 2.24) is 5.16 Å². The number of halogens is 3. The maximum atomic E-state index is 12.2. The van der Waals surface area contributed by atoms with Crippen molar-refractivity contribution in [2.24, 2.45) is 0 Å². The molecule has 1 aliphatic carbocycles. The first-order valence-electron chi connectivity index (χ1n) is 4.64. The predicted molar refractivity (Wildman–Crippen MR) is 44.7 cm³/mol. The monoisotopic (exact) mass is 235 g/mol. The fourth-order valence-corrected chi connectivity index (χ4v) is 1.74. The van der Waals surface area contributed by atoms with Crippen LogP contribution in [0.1, 0.15) is 30.7 Å². The van der Waals surface area contributed by atoms with Gasteiger partial charge in [0.15, 0.2) is 0 Å². The molecule has 0 atom stereocenters. The van der Waals surface area contributed by atoms with Crippen LogP contribution in [-0.4, -0.2) is 16.2 Å². The van der Waals surface area contributed by atoms with E-state index in [1.165, 1.54) is 0 Å². The van der Waals surface area contributed by atoms with Crippen molar-refractivity contribution in [1.29, 1.82) is 0 Å². The van der Waals surface area contributed by atoms with Crippen LogP contribution in [0.4, 0.5) is 13.2 Å². The lowest BCUT2D eigenvalue weighted by Crippen LogP contribution is -2.42. The second-order valence-corrected chi connectivity index (χ2v) is 3.81. The molecule has 1 heterocycles. The molecule has 1 N–H and O–H groups in total. The molecule has 4 nitrogen and oxygen atoms in total. The fraction of sp³-hybridized carbons (Fsp3) is 0.556. The third kappa shape index (κ3) is 1.46. The Kier molecular flexibility index (Phi) is 2.21. The van der Waals surface area contributed by atoms with Crippen molar-refractivity contribution in [2.45, 2.75) is 30.9 Å². The Hall–Kier alpha value is -1.53. The molecule has 0 saturated heterocycles. The zero-order chi connectivity index (χ0) is 12.0. The first kappa shape index (κ1) is 11.0. The van der Waals surface area contributed by atoms with Gasteiger partial charge >= 0.3 is 12.1 Å². The molecule has 1 aromatic heterocycles. The summed E-state index contributed by atoms with van der Waals surface area (Å²) >= 11 is 0. The number of alkyl halides is 3. The quantitative estimate of drug-likeness (QED) is 0.853. The number of aromatic nitrogens is 1. The van der Waals surface area contributed by atoms with E-state index < -0.39 is 23.3 Å². The number of carboxylic acids is 1. The summed E-state index contributed by atoms with van der Waals surface area (Å²) < 4.78 is 40.8. The van der Waals surface area contributed by atoms with E-state index in [4.69, 9.17) is 5.11 Å². The highest BCUT2D eigenvalue weighted by Crippen LogP contribution is 2.44. The Balaban J connectivity index is 2.35. The Morgan fingerprint density at radius 3 is 2.44 bits per heavy atom. The van der Waals surface area contributed by atoms with E-state index in [-0.39, 0.29) is 5.69 Å². The molecule has 0 spiro atoms. The molecule has 0 bridgehead atoms. The molecule has 0 aliphatic heterocycles. The van der Waals surface area contributed by atoms with E-state index >= 15 is 0 Å². The highest BCUT2D eigenvalue weighted by atomic mass is 19.4. The molecule has 0 unspecified atom stereocenters. The van der Waals surface area contributed by atoms with E-state index in [1.54, 1.807) is 0 Å². The third-order valence-electron chi connectivity index (χ3n) is 2.90. The molecular weight excluding hydrogens is 227 g/mol. The molecule has 1 aromatic rings. The highest BCUT2D eigenvalue weighted by Gasteiger charge is 2.50. The van der Waals surface area contributed by atoms with Gasteiger partial charge in [0.25, 0.3) is 0 Å². The maximum Gasteiger partial charge on any atom is 0.452 e. The second kappa shape index (κ2) is 3.23. The topological polar surface area (TPSA) is 63.3 Å². The highest BCUT2D eigenvalue weighted by molar-refractivity contribution is 5.81. The summed E-state index contributed by atoms with van der Waals surface area (Å²) in [6.45, 7) is 0. The minimum atomic E-state index is -4.63. The molecule has 0 amide bonds. The SMILES string of the molecule is O=C(O)C1(c2cc(C(F)(F)F)on2)CCC1. The van der Waals surface area contributed by atoms with Crippen LogP contribution in [0.2, 0.25) is 0 Å². The smallest absolute Gasteiger partial charge is 0.452 e. The van der Waals surface area contributed by atoms with Crippen LogP contribution in [0.3, 0.4) is 0 Å². The molecule has 1 aliphatic rings. The van der Waals surface area contributed by atoms with Crippen molar-refractivity contribution in [3.8, 4) is 0 Å².